The molecule has 9 heteroatoms. The molecule has 1 rings (SSSR count). The molecule has 138 valence electrons. The summed E-state index contributed by atoms with van der Waals surface area (Å²) in [6.07, 6.45) is -5.21. The smallest absolute Gasteiger partial charge is 0.392 e. The highest BCUT2D eigenvalue weighted by molar-refractivity contribution is 6.69. The fourth-order valence-corrected chi connectivity index (χ4v) is 2.06. The summed E-state index contributed by atoms with van der Waals surface area (Å²) in [6, 6.07) is 4.48. The first-order valence-electron chi connectivity index (χ1n) is 7.21. The topological polar surface area (TPSA) is 45.1 Å². The second-order valence-corrected chi connectivity index (χ2v) is 5.25. The molecule has 1 aromatic rings. The molecule has 0 amide bonds. The van der Waals surface area contributed by atoms with E-state index in [2.05, 4.69) is 5.16 Å². The Labute approximate surface area is 150 Å². The van der Waals surface area contributed by atoms with Crippen LogP contribution in [0.15, 0.2) is 29.4 Å². The molecule has 1 atom stereocenters. The Morgan fingerprint density at radius 1 is 1.33 bits per heavy atom. The molecule has 0 aromatic heterocycles. The highest BCUT2D eigenvalue weighted by Crippen LogP contribution is 2.29. The number of benzene rings is 1. The van der Waals surface area contributed by atoms with Gasteiger partial charge in [-0.25, -0.2) is 0 Å². The summed E-state index contributed by atoms with van der Waals surface area (Å²) in [5.41, 5.74) is -0.718. The first kappa shape index (κ1) is 23.0. The van der Waals surface area contributed by atoms with Gasteiger partial charge >= 0.3 is 6.18 Å². The highest BCUT2D eigenvalue weighted by Gasteiger charge is 2.30. The van der Waals surface area contributed by atoms with E-state index < -0.39 is 17.8 Å². The number of hydrogen-bond donors (Lipinski definition) is 1. The summed E-state index contributed by atoms with van der Waals surface area (Å²) in [4.78, 5) is 6.93. The maximum atomic E-state index is 12.6. The molecule has 24 heavy (non-hydrogen) atoms. The molecule has 0 aliphatic heterocycles. The maximum absolute atomic E-state index is 12.6. The summed E-state index contributed by atoms with van der Waals surface area (Å²) >= 11 is 5.84. The van der Waals surface area contributed by atoms with Gasteiger partial charge in [-0.3, -0.25) is 0 Å². The van der Waals surface area contributed by atoms with Crippen LogP contribution in [0.1, 0.15) is 25.0 Å². The minimum Gasteiger partial charge on any atom is -0.392 e. The standard InChI is InChI=1S/C15H20ClF3N2O2.ClH/c1-3-21(4-2)9-13(22)10-23-20-14(16)11-6-5-7-12(8-11)15(17,18)19;/h5-8,13,22H,3-4,9-10H2,1-2H3;1H/b20-14-;. The van der Waals surface area contributed by atoms with Gasteiger partial charge in [0, 0.05) is 12.1 Å². The van der Waals surface area contributed by atoms with Gasteiger partial charge in [0.2, 0.25) is 0 Å². The molecule has 0 spiro atoms. The third-order valence-corrected chi connectivity index (χ3v) is 3.49. The lowest BCUT2D eigenvalue weighted by molar-refractivity contribution is -0.137. The van der Waals surface area contributed by atoms with Crippen molar-refractivity contribution < 1.29 is 23.1 Å². The molecular weight excluding hydrogens is 368 g/mol. The van der Waals surface area contributed by atoms with Gasteiger partial charge in [-0.2, -0.15) is 13.2 Å². The lowest BCUT2D eigenvalue weighted by atomic mass is 10.1. The molecule has 0 radical (unpaired) electrons. The summed E-state index contributed by atoms with van der Waals surface area (Å²) in [7, 11) is 0. The van der Waals surface area contributed by atoms with E-state index in [0.717, 1.165) is 25.2 Å². The van der Waals surface area contributed by atoms with Crippen molar-refractivity contribution >= 4 is 29.2 Å². The number of alkyl halides is 3. The monoisotopic (exact) mass is 388 g/mol. The van der Waals surface area contributed by atoms with Crippen LogP contribution in [0.5, 0.6) is 0 Å². The molecule has 0 heterocycles. The maximum Gasteiger partial charge on any atom is 0.416 e. The van der Waals surface area contributed by atoms with E-state index in [1.54, 1.807) is 0 Å². The van der Waals surface area contributed by atoms with Gasteiger partial charge < -0.3 is 14.8 Å². The normalized spacial score (nSPS) is 13.6. The molecule has 0 saturated heterocycles. The Morgan fingerprint density at radius 2 is 1.96 bits per heavy atom. The average molecular weight is 389 g/mol. The lowest BCUT2D eigenvalue weighted by Crippen LogP contribution is -2.34. The number of aliphatic hydroxyl groups excluding tert-OH is 1. The fraction of sp³-hybridized carbons (Fsp3) is 0.533. The van der Waals surface area contributed by atoms with Crippen LogP contribution in [0.2, 0.25) is 0 Å². The van der Waals surface area contributed by atoms with Gasteiger partial charge in [0.15, 0.2) is 5.17 Å². The summed E-state index contributed by atoms with van der Waals surface area (Å²) in [5.74, 6) is 0. The predicted octanol–water partition coefficient (Wildman–Crippen LogP) is 3.75. The van der Waals surface area contributed by atoms with Crippen molar-refractivity contribution in [3.63, 3.8) is 0 Å². The van der Waals surface area contributed by atoms with E-state index in [9.17, 15) is 18.3 Å². The van der Waals surface area contributed by atoms with E-state index in [4.69, 9.17) is 16.4 Å². The predicted molar refractivity (Wildman–Crippen MR) is 90.8 cm³/mol. The lowest BCUT2D eigenvalue weighted by Gasteiger charge is -2.20. The molecule has 1 aromatic carbocycles. The van der Waals surface area contributed by atoms with Crippen LogP contribution in [-0.2, 0) is 11.0 Å². The minimum atomic E-state index is -4.45. The van der Waals surface area contributed by atoms with Crippen LogP contribution in [0.4, 0.5) is 13.2 Å². The van der Waals surface area contributed by atoms with Gasteiger partial charge in [0.25, 0.3) is 0 Å². The molecule has 0 aliphatic rings. The molecular formula is C15H21Cl2F3N2O2. The van der Waals surface area contributed by atoms with Crippen molar-refractivity contribution in [2.75, 3.05) is 26.2 Å². The van der Waals surface area contributed by atoms with Gasteiger partial charge in [-0.15, -0.1) is 12.4 Å². The van der Waals surface area contributed by atoms with Crippen molar-refractivity contribution in [3.8, 4) is 0 Å². The Hall–Kier alpha value is -1.02. The zero-order chi connectivity index (χ0) is 17.5. The molecule has 0 fully saturated rings. The molecule has 1 unspecified atom stereocenters. The van der Waals surface area contributed by atoms with E-state index in [-0.39, 0.29) is 29.7 Å². The minimum absolute atomic E-state index is 0. The number of likely N-dealkylation sites (N-methyl/N-ethyl adjacent to an activating group) is 1. The van der Waals surface area contributed by atoms with Crippen molar-refractivity contribution in [1.82, 2.24) is 4.90 Å². The number of nitrogens with zero attached hydrogens (tertiary/aromatic N) is 2. The first-order valence-corrected chi connectivity index (χ1v) is 7.59. The number of aliphatic hydroxyl groups is 1. The summed E-state index contributed by atoms with van der Waals surface area (Å²) < 4.78 is 37.9. The van der Waals surface area contributed by atoms with Crippen LogP contribution < -0.4 is 0 Å². The number of oxime groups is 1. The van der Waals surface area contributed by atoms with Crippen LogP contribution in [0.3, 0.4) is 0 Å². The van der Waals surface area contributed by atoms with Crippen molar-refractivity contribution in [2.45, 2.75) is 26.1 Å². The van der Waals surface area contributed by atoms with E-state index >= 15 is 0 Å². The van der Waals surface area contributed by atoms with Gasteiger partial charge in [0.1, 0.15) is 12.7 Å². The fourth-order valence-electron chi connectivity index (χ4n) is 1.89. The van der Waals surface area contributed by atoms with E-state index in [1.165, 1.54) is 12.1 Å². The average Bonchev–Trinajstić information content (AvgIpc) is 2.51. The quantitative estimate of drug-likeness (QED) is 0.544. The molecule has 0 saturated carbocycles. The third kappa shape index (κ3) is 7.70. The van der Waals surface area contributed by atoms with Crippen LogP contribution in [0, 0.1) is 0 Å². The van der Waals surface area contributed by atoms with Crippen molar-refractivity contribution in [1.29, 1.82) is 0 Å². The Bertz CT molecular complexity index is 524. The Kier molecular flexibility index (Phi) is 10.3. The Morgan fingerprint density at radius 3 is 2.50 bits per heavy atom. The first-order chi connectivity index (χ1) is 10.8. The van der Waals surface area contributed by atoms with Gasteiger partial charge in [-0.05, 0) is 25.2 Å². The summed E-state index contributed by atoms with van der Waals surface area (Å²) in [5, 5.41) is 13.1. The van der Waals surface area contributed by atoms with E-state index in [0.29, 0.717) is 6.54 Å². The number of rotatable bonds is 8. The second-order valence-electron chi connectivity index (χ2n) is 4.90. The second kappa shape index (κ2) is 10.8. The van der Waals surface area contributed by atoms with E-state index in [1.807, 2.05) is 18.7 Å². The number of halogens is 5. The van der Waals surface area contributed by atoms with Crippen molar-refractivity contribution in [3.05, 3.63) is 35.4 Å². The molecule has 0 aliphatic carbocycles. The number of hydrogen-bond acceptors (Lipinski definition) is 4. The zero-order valence-electron chi connectivity index (χ0n) is 13.4. The zero-order valence-corrected chi connectivity index (χ0v) is 15.0. The van der Waals surface area contributed by atoms with Gasteiger partial charge in [-0.1, -0.05) is 42.7 Å². The Balaban J connectivity index is 0.00000529. The molecule has 4 nitrogen and oxygen atoms in total. The summed E-state index contributed by atoms with van der Waals surface area (Å²) in [6.45, 7) is 5.86. The van der Waals surface area contributed by atoms with Crippen molar-refractivity contribution in [2.24, 2.45) is 5.16 Å². The van der Waals surface area contributed by atoms with Crippen LogP contribution >= 0.6 is 24.0 Å². The molecule has 0 bridgehead atoms. The van der Waals surface area contributed by atoms with Gasteiger partial charge in [0.05, 0.1) is 5.56 Å². The largest absolute Gasteiger partial charge is 0.416 e. The van der Waals surface area contributed by atoms with Crippen LogP contribution in [0.25, 0.3) is 0 Å². The van der Waals surface area contributed by atoms with Crippen LogP contribution in [-0.4, -0.2) is 47.5 Å². The SMILES string of the molecule is CCN(CC)CC(O)CO/N=C(\Cl)c1cccc(C(F)(F)F)c1.Cl. The highest BCUT2D eigenvalue weighted by atomic mass is 35.5. The molecule has 1 N–H and O–H groups in total. The third-order valence-electron chi connectivity index (χ3n) is 3.20.